The summed E-state index contributed by atoms with van der Waals surface area (Å²) in [5.74, 6) is -0.971. The molecule has 0 aliphatic rings. The third kappa shape index (κ3) is 13.1. The van der Waals surface area contributed by atoms with E-state index in [2.05, 4.69) is 6.92 Å². The fourth-order valence-electron chi connectivity index (χ4n) is 1.77. The van der Waals surface area contributed by atoms with Crippen molar-refractivity contribution >= 4 is 11.9 Å². The summed E-state index contributed by atoms with van der Waals surface area (Å²) in [6, 6.07) is 0. The van der Waals surface area contributed by atoms with E-state index in [4.69, 9.17) is 9.68 Å². The fourth-order valence-corrected chi connectivity index (χ4v) is 1.77. The summed E-state index contributed by atoms with van der Waals surface area (Å²) in [5.41, 5.74) is 0. The van der Waals surface area contributed by atoms with Gasteiger partial charge in [0.2, 0.25) is 0 Å². The Morgan fingerprint density at radius 3 is 1.63 bits per heavy atom. The molecule has 0 rings (SSSR count). The number of carbonyl (C=O) groups excluding carboxylic acids is 2. The highest BCUT2D eigenvalue weighted by Crippen LogP contribution is 2.09. The van der Waals surface area contributed by atoms with Gasteiger partial charge in [-0.2, -0.15) is 0 Å². The van der Waals surface area contributed by atoms with Crippen LogP contribution in [0.5, 0.6) is 0 Å². The monoisotopic (exact) mass is 273 g/mol. The number of nitrogens with zero attached hydrogens (tertiary/aromatic N) is 1. The molecule has 0 radical (unpaired) electrons. The molecule has 112 valence electrons. The second-order valence-corrected chi connectivity index (χ2v) is 4.70. The molecular formula is C14H27NO4. The molecule has 5 heteroatoms. The van der Waals surface area contributed by atoms with Crippen LogP contribution >= 0.6 is 0 Å². The Morgan fingerprint density at radius 2 is 1.21 bits per heavy atom. The Labute approximate surface area is 116 Å². The molecule has 0 saturated heterocycles. The lowest BCUT2D eigenvalue weighted by molar-refractivity contribution is -0.323. The Balaban J connectivity index is 3.57. The molecule has 0 fully saturated rings. The molecule has 0 saturated carbocycles. The summed E-state index contributed by atoms with van der Waals surface area (Å²) in [4.78, 5) is 31.2. The van der Waals surface area contributed by atoms with Crippen molar-refractivity contribution in [3.8, 4) is 0 Å². The minimum absolute atomic E-state index is 0.425. The summed E-state index contributed by atoms with van der Waals surface area (Å²) < 4.78 is 0. The van der Waals surface area contributed by atoms with Gasteiger partial charge in [0.1, 0.15) is 0 Å². The SMILES string of the molecule is CCCCCCCCCCN(OC(C)=O)OC(C)=O. The van der Waals surface area contributed by atoms with E-state index in [1.54, 1.807) is 0 Å². The van der Waals surface area contributed by atoms with Crippen LogP contribution in [0.4, 0.5) is 0 Å². The van der Waals surface area contributed by atoms with Crippen molar-refractivity contribution in [2.45, 2.75) is 72.1 Å². The summed E-state index contributed by atoms with van der Waals surface area (Å²) in [5, 5.41) is 0.974. The number of carbonyl (C=O) groups is 2. The standard InChI is InChI=1S/C14H27NO4/c1-4-5-6-7-8-9-10-11-12-15(18-13(2)16)19-14(3)17/h4-12H2,1-3H3. The van der Waals surface area contributed by atoms with Gasteiger partial charge in [-0.05, 0) is 6.42 Å². The Hall–Kier alpha value is -1.10. The van der Waals surface area contributed by atoms with Crippen LogP contribution in [0.2, 0.25) is 0 Å². The highest BCUT2D eigenvalue weighted by Gasteiger charge is 2.11. The molecule has 5 nitrogen and oxygen atoms in total. The lowest BCUT2D eigenvalue weighted by Crippen LogP contribution is -2.29. The molecule has 0 aromatic heterocycles. The normalized spacial score (nSPS) is 10.5. The summed E-state index contributed by atoms with van der Waals surface area (Å²) >= 11 is 0. The molecule has 0 aliphatic heterocycles. The van der Waals surface area contributed by atoms with Crippen LogP contribution in [0.25, 0.3) is 0 Å². The summed E-state index contributed by atoms with van der Waals surface area (Å²) in [6.45, 7) is 5.20. The van der Waals surface area contributed by atoms with Crippen molar-refractivity contribution in [3.05, 3.63) is 0 Å². The first-order chi connectivity index (χ1) is 9.06. The predicted octanol–water partition coefficient (Wildman–Crippen LogP) is 3.39. The van der Waals surface area contributed by atoms with E-state index >= 15 is 0 Å². The van der Waals surface area contributed by atoms with E-state index in [1.165, 1.54) is 46.0 Å². The van der Waals surface area contributed by atoms with Gasteiger partial charge in [0.15, 0.2) is 0 Å². The lowest BCUT2D eigenvalue weighted by atomic mass is 10.1. The van der Waals surface area contributed by atoms with Gasteiger partial charge in [0, 0.05) is 19.1 Å². The molecule has 0 heterocycles. The Bertz CT molecular complexity index is 240. The average molecular weight is 273 g/mol. The minimum atomic E-state index is -0.485. The third-order valence-corrected chi connectivity index (χ3v) is 2.65. The lowest BCUT2D eigenvalue weighted by Gasteiger charge is -2.17. The number of unbranched alkanes of at least 4 members (excludes halogenated alkanes) is 7. The van der Waals surface area contributed by atoms with Gasteiger partial charge in [-0.3, -0.25) is 9.59 Å². The van der Waals surface area contributed by atoms with Crippen molar-refractivity contribution < 1.29 is 19.3 Å². The van der Waals surface area contributed by atoms with Gasteiger partial charge in [0.05, 0.1) is 6.54 Å². The highest BCUT2D eigenvalue weighted by molar-refractivity contribution is 5.67. The summed E-state index contributed by atoms with van der Waals surface area (Å²) in [6.07, 6.45) is 9.46. The quantitative estimate of drug-likeness (QED) is 0.426. The van der Waals surface area contributed by atoms with Gasteiger partial charge in [-0.25, -0.2) is 0 Å². The molecule has 0 bridgehead atoms. The van der Waals surface area contributed by atoms with E-state index < -0.39 is 11.9 Å². The van der Waals surface area contributed by atoms with E-state index in [0.717, 1.165) is 24.5 Å². The maximum atomic E-state index is 10.8. The van der Waals surface area contributed by atoms with Gasteiger partial charge in [0.25, 0.3) is 0 Å². The Morgan fingerprint density at radius 1 is 0.789 bits per heavy atom. The van der Waals surface area contributed by atoms with Gasteiger partial charge >= 0.3 is 11.9 Å². The van der Waals surface area contributed by atoms with Crippen molar-refractivity contribution in [2.24, 2.45) is 0 Å². The minimum Gasteiger partial charge on any atom is -0.333 e. The maximum Gasteiger partial charge on any atom is 0.326 e. The van der Waals surface area contributed by atoms with Crippen LogP contribution < -0.4 is 0 Å². The van der Waals surface area contributed by atoms with Crippen molar-refractivity contribution in [2.75, 3.05) is 6.54 Å². The number of hydrogen-bond donors (Lipinski definition) is 0. The first kappa shape index (κ1) is 17.9. The zero-order valence-electron chi connectivity index (χ0n) is 12.4. The highest BCUT2D eigenvalue weighted by atomic mass is 17.0. The molecule has 0 aromatic rings. The van der Waals surface area contributed by atoms with Crippen LogP contribution in [0.3, 0.4) is 0 Å². The molecule has 0 atom stereocenters. The van der Waals surface area contributed by atoms with Crippen molar-refractivity contribution in [1.82, 2.24) is 5.23 Å². The Kier molecular flexibility index (Phi) is 11.3. The molecule has 0 aromatic carbocycles. The molecule has 0 N–H and O–H groups in total. The number of rotatable bonds is 11. The number of hydrogen-bond acceptors (Lipinski definition) is 5. The predicted molar refractivity (Wildman–Crippen MR) is 72.8 cm³/mol. The van der Waals surface area contributed by atoms with E-state index in [9.17, 15) is 9.59 Å². The molecule has 0 spiro atoms. The van der Waals surface area contributed by atoms with E-state index in [0.29, 0.717) is 6.54 Å². The van der Waals surface area contributed by atoms with Gasteiger partial charge < -0.3 is 9.68 Å². The largest absolute Gasteiger partial charge is 0.333 e. The molecule has 19 heavy (non-hydrogen) atoms. The topological polar surface area (TPSA) is 55.8 Å². The molecule has 0 amide bonds. The van der Waals surface area contributed by atoms with Gasteiger partial charge in [-0.15, -0.1) is 0 Å². The number of hydroxylamine groups is 2. The van der Waals surface area contributed by atoms with Crippen molar-refractivity contribution in [1.29, 1.82) is 0 Å². The van der Waals surface area contributed by atoms with Gasteiger partial charge in [-0.1, -0.05) is 51.9 Å². The molecule has 0 aliphatic carbocycles. The van der Waals surface area contributed by atoms with Crippen LogP contribution in [-0.4, -0.2) is 23.7 Å². The zero-order chi connectivity index (χ0) is 14.5. The smallest absolute Gasteiger partial charge is 0.326 e. The second kappa shape index (κ2) is 12.0. The van der Waals surface area contributed by atoms with Crippen LogP contribution in [0.15, 0.2) is 0 Å². The van der Waals surface area contributed by atoms with Crippen molar-refractivity contribution in [3.63, 3.8) is 0 Å². The van der Waals surface area contributed by atoms with E-state index in [-0.39, 0.29) is 0 Å². The van der Waals surface area contributed by atoms with Crippen LogP contribution in [0, 0.1) is 0 Å². The summed E-state index contributed by atoms with van der Waals surface area (Å²) in [7, 11) is 0. The second-order valence-electron chi connectivity index (χ2n) is 4.70. The van der Waals surface area contributed by atoms with Crippen LogP contribution in [-0.2, 0) is 19.3 Å². The third-order valence-electron chi connectivity index (χ3n) is 2.65. The average Bonchev–Trinajstić information content (AvgIpc) is 2.30. The molecular weight excluding hydrogens is 246 g/mol. The zero-order valence-corrected chi connectivity index (χ0v) is 12.4. The maximum absolute atomic E-state index is 10.8. The van der Waals surface area contributed by atoms with Crippen LogP contribution in [0.1, 0.15) is 72.1 Å². The van der Waals surface area contributed by atoms with E-state index in [1.807, 2.05) is 0 Å². The molecule has 0 unspecified atom stereocenters. The first-order valence-corrected chi connectivity index (χ1v) is 7.20. The fraction of sp³-hybridized carbons (Fsp3) is 0.857. The first-order valence-electron chi connectivity index (χ1n) is 7.20.